The molecule has 3 aromatic rings. The van der Waals surface area contributed by atoms with E-state index in [1.165, 1.54) is 64.2 Å². The van der Waals surface area contributed by atoms with Crippen molar-refractivity contribution < 1.29 is 19.1 Å². The molecule has 0 aliphatic heterocycles. The van der Waals surface area contributed by atoms with Gasteiger partial charge < -0.3 is 9.47 Å². The molecule has 4 heteroatoms. The molecule has 0 amide bonds. The maximum atomic E-state index is 12.5. The van der Waals surface area contributed by atoms with Crippen molar-refractivity contribution in [2.45, 2.75) is 103 Å². The SMILES string of the molecule is C=CCCCCCCCCCOC(=O)c1ccc(-c2ccc(-c3ccc(C(=O)OCCCCCCCCCC=C)cc3)cc2)cc1. The minimum atomic E-state index is -0.264. The van der Waals surface area contributed by atoms with Gasteiger partial charge in [-0.3, -0.25) is 0 Å². The Morgan fingerprint density at radius 1 is 0.413 bits per heavy atom. The first-order valence-electron chi connectivity index (χ1n) is 17.5. The zero-order valence-corrected chi connectivity index (χ0v) is 27.9. The normalized spacial score (nSPS) is 10.8. The lowest BCUT2D eigenvalue weighted by molar-refractivity contribution is 0.0488. The Hall–Kier alpha value is -3.92. The number of ether oxygens (including phenoxy) is 2. The number of allylic oxidation sites excluding steroid dienone is 2. The highest BCUT2D eigenvalue weighted by molar-refractivity contribution is 5.91. The second kappa shape index (κ2) is 22.6. The van der Waals surface area contributed by atoms with Gasteiger partial charge in [0.25, 0.3) is 0 Å². The van der Waals surface area contributed by atoms with E-state index in [0.717, 1.165) is 60.8 Å². The summed E-state index contributed by atoms with van der Waals surface area (Å²) in [6.45, 7) is 8.47. The van der Waals surface area contributed by atoms with Crippen molar-refractivity contribution in [3.8, 4) is 22.3 Å². The number of esters is 2. The molecule has 0 aliphatic carbocycles. The summed E-state index contributed by atoms with van der Waals surface area (Å²) < 4.78 is 11.0. The zero-order valence-electron chi connectivity index (χ0n) is 27.9. The molecule has 0 heterocycles. The fourth-order valence-electron chi connectivity index (χ4n) is 5.50. The molecule has 0 spiro atoms. The molecule has 3 rings (SSSR count). The third-order valence-electron chi connectivity index (χ3n) is 8.36. The third kappa shape index (κ3) is 14.0. The molecular formula is C42H54O4. The fourth-order valence-corrected chi connectivity index (χ4v) is 5.50. The highest BCUT2D eigenvalue weighted by Crippen LogP contribution is 2.26. The van der Waals surface area contributed by atoms with Crippen molar-refractivity contribution in [1.82, 2.24) is 0 Å². The van der Waals surface area contributed by atoms with Gasteiger partial charge in [-0.05, 0) is 85.0 Å². The predicted octanol–water partition coefficient (Wildman–Crippen LogP) is 11.9. The molecule has 0 radical (unpaired) electrons. The predicted molar refractivity (Wildman–Crippen MR) is 192 cm³/mol. The van der Waals surface area contributed by atoms with E-state index in [1.54, 1.807) is 0 Å². The van der Waals surface area contributed by atoms with Crippen LogP contribution in [0.25, 0.3) is 22.3 Å². The van der Waals surface area contributed by atoms with Crippen molar-refractivity contribution in [2.75, 3.05) is 13.2 Å². The van der Waals surface area contributed by atoms with Crippen LogP contribution < -0.4 is 0 Å². The Bertz CT molecular complexity index is 1190. The van der Waals surface area contributed by atoms with Crippen LogP contribution in [0, 0.1) is 0 Å². The summed E-state index contributed by atoms with van der Waals surface area (Å²) in [5.74, 6) is -0.528. The summed E-state index contributed by atoms with van der Waals surface area (Å²) in [5.41, 5.74) is 5.37. The molecular weight excluding hydrogens is 568 g/mol. The average molecular weight is 623 g/mol. The summed E-state index contributed by atoms with van der Waals surface area (Å²) in [6, 6.07) is 23.5. The van der Waals surface area contributed by atoms with E-state index < -0.39 is 0 Å². The maximum absolute atomic E-state index is 12.5. The second-order valence-electron chi connectivity index (χ2n) is 12.1. The number of carbonyl (C=O) groups excluding carboxylic acids is 2. The molecule has 0 bridgehead atoms. The van der Waals surface area contributed by atoms with Gasteiger partial charge in [-0.25, -0.2) is 9.59 Å². The van der Waals surface area contributed by atoms with Crippen LogP contribution in [0.5, 0.6) is 0 Å². The van der Waals surface area contributed by atoms with Gasteiger partial charge >= 0.3 is 11.9 Å². The minimum absolute atomic E-state index is 0.264. The van der Waals surface area contributed by atoms with E-state index in [4.69, 9.17) is 9.47 Å². The van der Waals surface area contributed by atoms with Crippen LogP contribution in [0.2, 0.25) is 0 Å². The molecule has 3 aromatic carbocycles. The van der Waals surface area contributed by atoms with Gasteiger partial charge in [-0.2, -0.15) is 0 Å². The molecule has 0 atom stereocenters. The first-order chi connectivity index (χ1) is 22.6. The van der Waals surface area contributed by atoms with Gasteiger partial charge in [0.15, 0.2) is 0 Å². The van der Waals surface area contributed by atoms with Crippen molar-refractivity contribution in [3.05, 3.63) is 109 Å². The van der Waals surface area contributed by atoms with Crippen molar-refractivity contribution in [2.24, 2.45) is 0 Å². The Balaban J connectivity index is 1.35. The largest absolute Gasteiger partial charge is 0.462 e. The van der Waals surface area contributed by atoms with Gasteiger partial charge in [0.05, 0.1) is 24.3 Å². The van der Waals surface area contributed by atoms with Crippen molar-refractivity contribution in [3.63, 3.8) is 0 Å². The molecule has 0 aromatic heterocycles. The minimum Gasteiger partial charge on any atom is -0.462 e. The lowest BCUT2D eigenvalue weighted by Gasteiger charge is -2.08. The summed E-state index contributed by atoms with van der Waals surface area (Å²) in [4.78, 5) is 24.9. The highest BCUT2D eigenvalue weighted by Gasteiger charge is 2.10. The first-order valence-corrected chi connectivity index (χ1v) is 17.5. The van der Waals surface area contributed by atoms with Gasteiger partial charge in [-0.15, -0.1) is 13.2 Å². The third-order valence-corrected chi connectivity index (χ3v) is 8.36. The van der Waals surface area contributed by atoms with Crippen LogP contribution in [-0.4, -0.2) is 25.2 Å². The Labute approximate surface area is 277 Å². The van der Waals surface area contributed by atoms with Crippen LogP contribution in [0.1, 0.15) is 123 Å². The first kappa shape index (κ1) is 36.5. The molecule has 0 fully saturated rings. The quantitative estimate of drug-likeness (QED) is 0.0566. The number of carbonyl (C=O) groups is 2. The van der Waals surface area contributed by atoms with E-state index >= 15 is 0 Å². The average Bonchev–Trinajstić information content (AvgIpc) is 3.10. The van der Waals surface area contributed by atoms with Crippen molar-refractivity contribution >= 4 is 11.9 Å². The summed E-state index contributed by atoms with van der Waals surface area (Å²) in [7, 11) is 0. The second-order valence-corrected chi connectivity index (χ2v) is 12.1. The van der Waals surface area contributed by atoms with Crippen LogP contribution >= 0.6 is 0 Å². The summed E-state index contributed by atoms with van der Waals surface area (Å²) in [5, 5.41) is 0. The molecule has 4 nitrogen and oxygen atoms in total. The van der Waals surface area contributed by atoms with E-state index in [1.807, 2.05) is 60.7 Å². The molecule has 0 saturated heterocycles. The van der Waals surface area contributed by atoms with E-state index in [0.29, 0.717) is 24.3 Å². The van der Waals surface area contributed by atoms with E-state index in [9.17, 15) is 9.59 Å². The number of hydrogen-bond acceptors (Lipinski definition) is 4. The monoisotopic (exact) mass is 622 g/mol. The summed E-state index contributed by atoms with van der Waals surface area (Å²) in [6.07, 6.45) is 22.6. The molecule has 0 unspecified atom stereocenters. The van der Waals surface area contributed by atoms with E-state index in [2.05, 4.69) is 37.4 Å². The molecule has 0 aliphatic rings. The van der Waals surface area contributed by atoms with Crippen LogP contribution in [0.4, 0.5) is 0 Å². The van der Waals surface area contributed by atoms with Crippen LogP contribution in [0.15, 0.2) is 98.1 Å². The van der Waals surface area contributed by atoms with E-state index in [-0.39, 0.29) is 11.9 Å². The summed E-state index contributed by atoms with van der Waals surface area (Å²) >= 11 is 0. The van der Waals surface area contributed by atoms with Crippen LogP contribution in [-0.2, 0) is 9.47 Å². The Morgan fingerprint density at radius 2 is 0.674 bits per heavy atom. The number of hydrogen-bond donors (Lipinski definition) is 0. The number of benzene rings is 3. The molecule has 0 N–H and O–H groups in total. The van der Waals surface area contributed by atoms with Crippen molar-refractivity contribution in [1.29, 1.82) is 0 Å². The maximum Gasteiger partial charge on any atom is 0.338 e. The van der Waals surface area contributed by atoms with Gasteiger partial charge in [0.1, 0.15) is 0 Å². The molecule has 246 valence electrons. The highest BCUT2D eigenvalue weighted by atomic mass is 16.5. The fraction of sp³-hybridized carbons (Fsp3) is 0.429. The zero-order chi connectivity index (χ0) is 32.7. The molecule has 0 saturated carbocycles. The Kier molecular flexibility index (Phi) is 17.9. The molecule has 46 heavy (non-hydrogen) atoms. The van der Waals surface area contributed by atoms with Crippen LogP contribution in [0.3, 0.4) is 0 Å². The standard InChI is InChI=1S/C42H54O4/c1-3-5-7-9-11-13-15-17-19-33-45-41(43)39-29-25-37(26-30-39)35-21-23-36(24-22-35)38-27-31-40(32-28-38)42(44)46-34-20-18-16-14-12-10-8-6-4-2/h3-4,21-32H,1-2,5-20,33-34H2. The number of unbranched alkanes of at least 4 members (excludes halogenated alkanes) is 14. The smallest absolute Gasteiger partial charge is 0.338 e. The van der Waals surface area contributed by atoms with Gasteiger partial charge in [-0.1, -0.05) is 125 Å². The van der Waals surface area contributed by atoms with Gasteiger partial charge in [0.2, 0.25) is 0 Å². The lowest BCUT2D eigenvalue weighted by Crippen LogP contribution is -2.06. The number of rotatable bonds is 24. The lowest BCUT2D eigenvalue weighted by atomic mass is 9.99. The van der Waals surface area contributed by atoms with Gasteiger partial charge in [0, 0.05) is 0 Å². The topological polar surface area (TPSA) is 52.6 Å². The Morgan fingerprint density at radius 3 is 0.978 bits per heavy atom.